The quantitative estimate of drug-likeness (QED) is 0.615. The van der Waals surface area contributed by atoms with E-state index >= 15 is 0 Å². The Hall–Kier alpha value is -2.49. The van der Waals surface area contributed by atoms with Gasteiger partial charge < -0.3 is 0 Å². The molecule has 0 bridgehead atoms. The van der Waals surface area contributed by atoms with E-state index in [0.29, 0.717) is 0 Å². The van der Waals surface area contributed by atoms with Crippen molar-refractivity contribution < 1.29 is 22.4 Å². The zero-order valence-corrected chi connectivity index (χ0v) is 16.6. The predicted molar refractivity (Wildman–Crippen MR) is 102 cm³/mol. The molecule has 0 heterocycles. The molecule has 2 aromatic rings. The molecule has 150 valence electrons. The van der Waals surface area contributed by atoms with Crippen LogP contribution in [0.1, 0.15) is 24.2 Å². The molecule has 0 aliphatic heterocycles. The van der Waals surface area contributed by atoms with Gasteiger partial charge in [0, 0.05) is 0 Å². The van der Waals surface area contributed by atoms with E-state index in [1.807, 2.05) is 0 Å². The number of nitrogens with one attached hydrogen (secondary N) is 3. The zero-order valence-electron chi connectivity index (χ0n) is 15.1. The molecule has 2 amide bonds. The number of carbonyl (C=O) groups is 2. The van der Waals surface area contributed by atoms with E-state index in [-0.39, 0.29) is 10.6 Å². The van der Waals surface area contributed by atoms with Crippen LogP contribution < -0.4 is 15.6 Å². The summed E-state index contributed by atoms with van der Waals surface area (Å²) >= 11 is 5.92. The smallest absolute Gasteiger partial charge is 0.271 e. The normalized spacial score (nSPS) is 12.5. The number of hydrogen-bond donors (Lipinski definition) is 3. The van der Waals surface area contributed by atoms with Gasteiger partial charge in [0.05, 0.1) is 10.6 Å². The van der Waals surface area contributed by atoms with E-state index in [2.05, 4.69) is 15.6 Å². The molecule has 0 unspecified atom stereocenters. The Morgan fingerprint density at radius 1 is 1.00 bits per heavy atom. The van der Waals surface area contributed by atoms with Gasteiger partial charge in [-0.3, -0.25) is 20.4 Å². The molecule has 10 heteroatoms. The Labute approximate surface area is 167 Å². The average Bonchev–Trinajstić information content (AvgIpc) is 2.64. The van der Waals surface area contributed by atoms with Crippen molar-refractivity contribution in [2.45, 2.75) is 24.8 Å². The van der Waals surface area contributed by atoms with Gasteiger partial charge >= 0.3 is 0 Å². The van der Waals surface area contributed by atoms with Crippen LogP contribution in [0.5, 0.6) is 0 Å². The first-order valence-corrected chi connectivity index (χ1v) is 10.1. The zero-order chi connectivity index (χ0) is 20.9. The summed E-state index contributed by atoms with van der Waals surface area (Å²) < 4.78 is 40.9. The fraction of sp³-hybridized carbons (Fsp3) is 0.222. The Morgan fingerprint density at radius 3 is 2.21 bits per heavy atom. The highest BCUT2D eigenvalue weighted by Crippen LogP contribution is 2.16. The minimum Gasteiger partial charge on any atom is -0.271 e. The van der Waals surface area contributed by atoms with Crippen molar-refractivity contribution in [2.24, 2.45) is 5.92 Å². The van der Waals surface area contributed by atoms with Crippen LogP contribution in [0.2, 0.25) is 5.02 Å². The summed E-state index contributed by atoms with van der Waals surface area (Å²) in [5.41, 5.74) is 4.48. The van der Waals surface area contributed by atoms with Crippen molar-refractivity contribution in [3.05, 3.63) is 64.9 Å². The second-order valence-corrected chi connectivity index (χ2v) is 8.29. The first-order chi connectivity index (χ1) is 13.1. The number of benzene rings is 2. The number of rotatable bonds is 6. The Bertz CT molecular complexity index is 982. The van der Waals surface area contributed by atoms with Gasteiger partial charge in [0.2, 0.25) is 10.0 Å². The van der Waals surface area contributed by atoms with Crippen molar-refractivity contribution >= 4 is 33.4 Å². The molecule has 0 spiro atoms. The summed E-state index contributed by atoms with van der Waals surface area (Å²) in [4.78, 5) is 24.0. The highest BCUT2D eigenvalue weighted by molar-refractivity contribution is 7.89. The lowest BCUT2D eigenvalue weighted by molar-refractivity contribution is -0.124. The van der Waals surface area contributed by atoms with Gasteiger partial charge in [0.15, 0.2) is 0 Å². The maximum atomic E-state index is 13.8. The lowest BCUT2D eigenvalue weighted by Gasteiger charge is -2.22. The largest absolute Gasteiger partial charge is 0.271 e. The second-order valence-electron chi connectivity index (χ2n) is 6.20. The molecule has 3 N–H and O–H groups in total. The third-order valence-electron chi connectivity index (χ3n) is 3.78. The van der Waals surface area contributed by atoms with Gasteiger partial charge in [-0.05, 0) is 30.2 Å². The molecule has 0 saturated carbocycles. The SMILES string of the molecule is CC(C)[C@H](NS(=O)(=O)c1ccccc1F)C(=O)NNC(=O)c1ccccc1Cl. The van der Waals surface area contributed by atoms with Crippen LogP contribution in [0.3, 0.4) is 0 Å². The number of amides is 2. The van der Waals surface area contributed by atoms with Gasteiger partial charge in [-0.25, -0.2) is 12.8 Å². The van der Waals surface area contributed by atoms with Crippen molar-refractivity contribution in [1.82, 2.24) is 15.6 Å². The van der Waals surface area contributed by atoms with E-state index in [1.54, 1.807) is 26.0 Å². The fourth-order valence-corrected chi connectivity index (χ4v) is 3.94. The van der Waals surface area contributed by atoms with E-state index in [0.717, 1.165) is 12.1 Å². The first-order valence-electron chi connectivity index (χ1n) is 8.25. The van der Waals surface area contributed by atoms with E-state index in [4.69, 9.17) is 11.6 Å². The molecule has 2 aromatic carbocycles. The highest BCUT2D eigenvalue weighted by atomic mass is 35.5. The molecule has 1 atom stereocenters. The average molecular weight is 428 g/mol. The second kappa shape index (κ2) is 9.13. The Morgan fingerprint density at radius 2 is 1.61 bits per heavy atom. The van der Waals surface area contributed by atoms with Crippen molar-refractivity contribution in [2.75, 3.05) is 0 Å². The van der Waals surface area contributed by atoms with Crippen LogP contribution in [-0.2, 0) is 14.8 Å². The van der Waals surface area contributed by atoms with Crippen LogP contribution in [0.4, 0.5) is 4.39 Å². The molecule has 0 fully saturated rings. The minimum atomic E-state index is -4.30. The lowest BCUT2D eigenvalue weighted by atomic mass is 10.1. The Balaban J connectivity index is 2.11. The summed E-state index contributed by atoms with van der Waals surface area (Å²) in [6, 6.07) is 9.77. The standard InChI is InChI=1S/C18H19ClFN3O4S/c1-11(2)16(23-28(26,27)15-10-6-5-9-14(15)20)18(25)22-21-17(24)12-7-3-4-8-13(12)19/h3-11,16,23H,1-2H3,(H,21,24)(H,22,25)/t16-/m0/s1. The third-order valence-corrected chi connectivity index (χ3v) is 5.58. The molecule has 0 aliphatic rings. The van der Waals surface area contributed by atoms with Crippen molar-refractivity contribution in [1.29, 1.82) is 0 Å². The van der Waals surface area contributed by atoms with Gasteiger partial charge in [0.25, 0.3) is 11.8 Å². The highest BCUT2D eigenvalue weighted by Gasteiger charge is 2.30. The molecule has 0 aliphatic carbocycles. The monoisotopic (exact) mass is 427 g/mol. The van der Waals surface area contributed by atoms with Crippen LogP contribution in [0, 0.1) is 11.7 Å². The summed E-state index contributed by atoms with van der Waals surface area (Å²) in [5, 5.41) is 0.190. The van der Waals surface area contributed by atoms with E-state index in [1.165, 1.54) is 24.3 Å². The third kappa shape index (κ3) is 5.28. The molecule has 2 rings (SSSR count). The minimum absolute atomic E-state index is 0.137. The van der Waals surface area contributed by atoms with Gasteiger partial charge in [-0.2, -0.15) is 4.72 Å². The van der Waals surface area contributed by atoms with Crippen LogP contribution in [0.25, 0.3) is 0 Å². The molecule has 0 saturated heterocycles. The van der Waals surface area contributed by atoms with Gasteiger partial charge in [0.1, 0.15) is 16.8 Å². The predicted octanol–water partition coefficient (Wildman–Crippen LogP) is 2.24. The van der Waals surface area contributed by atoms with Crippen LogP contribution in [0.15, 0.2) is 53.4 Å². The molecule has 0 aromatic heterocycles. The van der Waals surface area contributed by atoms with E-state index < -0.39 is 44.5 Å². The maximum absolute atomic E-state index is 13.8. The number of sulfonamides is 1. The summed E-state index contributed by atoms with van der Waals surface area (Å²) in [5.74, 6) is -2.91. The number of hydrazine groups is 1. The van der Waals surface area contributed by atoms with Crippen LogP contribution in [-0.4, -0.2) is 26.3 Å². The number of halogens is 2. The summed E-state index contributed by atoms with van der Waals surface area (Å²) in [6.07, 6.45) is 0. The molecule has 7 nitrogen and oxygen atoms in total. The van der Waals surface area contributed by atoms with Crippen molar-refractivity contribution in [3.8, 4) is 0 Å². The molecular weight excluding hydrogens is 409 g/mol. The van der Waals surface area contributed by atoms with Crippen LogP contribution >= 0.6 is 11.6 Å². The fourth-order valence-electron chi connectivity index (χ4n) is 2.29. The molecule has 0 radical (unpaired) electrons. The summed E-state index contributed by atoms with van der Waals surface area (Å²) in [6.45, 7) is 3.20. The molecule has 28 heavy (non-hydrogen) atoms. The lowest BCUT2D eigenvalue weighted by Crippen LogP contribution is -2.54. The van der Waals surface area contributed by atoms with Gasteiger partial charge in [-0.15, -0.1) is 0 Å². The van der Waals surface area contributed by atoms with E-state index in [9.17, 15) is 22.4 Å². The maximum Gasteiger partial charge on any atom is 0.271 e. The molecular formula is C18H19ClFN3O4S. The van der Waals surface area contributed by atoms with Crippen molar-refractivity contribution in [3.63, 3.8) is 0 Å². The summed E-state index contributed by atoms with van der Waals surface area (Å²) in [7, 11) is -4.30. The first kappa shape index (κ1) is 21.8. The number of carbonyl (C=O) groups excluding carboxylic acids is 2. The Kier molecular flexibility index (Phi) is 7.11. The number of hydrogen-bond acceptors (Lipinski definition) is 4. The van der Waals surface area contributed by atoms with Gasteiger partial charge in [-0.1, -0.05) is 49.7 Å². The topological polar surface area (TPSA) is 104 Å².